The smallest absolute Gasteiger partial charge is 0.253 e. The molecule has 0 saturated carbocycles. The standard InChI is InChI=1S/C22H24N2O2/c1-15-8-6-7-11-19(15)21-20-14-23(12-18(20)13-24(21)16(2)25)22(26)17-9-4-3-5-10-17/h3-11,18,20-21H,12-14H2,1-2H3/t18-,20-,21-/m1/s1. The normalized spacial score (nSPS) is 24.6. The lowest BCUT2D eigenvalue weighted by molar-refractivity contribution is -0.130. The van der Waals surface area contributed by atoms with Crippen molar-refractivity contribution < 1.29 is 9.59 Å². The zero-order chi connectivity index (χ0) is 18.3. The molecule has 0 spiro atoms. The van der Waals surface area contributed by atoms with Crippen molar-refractivity contribution in [3.05, 3.63) is 71.3 Å². The fraction of sp³-hybridized carbons (Fsp3) is 0.364. The highest BCUT2D eigenvalue weighted by Gasteiger charge is 2.49. The molecule has 2 heterocycles. The van der Waals surface area contributed by atoms with Gasteiger partial charge >= 0.3 is 0 Å². The summed E-state index contributed by atoms with van der Waals surface area (Å²) in [4.78, 5) is 29.1. The van der Waals surface area contributed by atoms with Crippen LogP contribution in [0.25, 0.3) is 0 Å². The Morgan fingerprint density at radius 2 is 1.62 bits per heavy atom. The molecule has 0 radical (unpaired) electrons. The lowest BCUT2D eigenvalue weighted by Gasteiger charge is -2.30. The quantitative estimate of drug-likeness (QED) is 0.836. The van der Waals surface area contributed by atoms with E-state index in [1.165, 1.54) is 11.1 Å². The van der Waals surface area contributed by atoms with Gasteiger partial charge in [0.15, 0.2) is 0 Å². The van der Waals surface area contributed by atoms with Gasteiger partial charge in [-0.1, -0.05) is 42.5 Å². The highest BCUT2D eigenvalue weighted by atomic mass is 16.2. The second-order valence-corrected chi connectivity index (χ2v) is 7.47. The largest absolute Gasteiger partial charge is 0.338 e. The number of aryl methyl sites for hydroxylation is 1. The Bertz CT molecular complexity index is 833. The Morgan fingerprint density at radius 1 is 0.923 bits per heavy atom. The summed E-state index contributed by atoms with van der Waals surface area (Å²) in [6.45, 7) is 5.92. The minimum Gasteiger partial charge on any atom is -0.338 e. The van der Waals surface area contributed by atoms with Crippen molar-refractivity contribution in [3.8, 4) is 0 Å². The fourth-order valence-electron chi connectivity index (χ4n) is 4.62. The molecule has 2 fully saturated rings. The van der Waals surface area contributed by atoms with E-state index in [-0.39, 0.29) is 17.9 Å². The number of fused-ring (bicyclic) bond motifs is 1. The molecule has 134 valence electrons. The summed E-state index contributed by atoms with van der Waals surface area (Å²) in [5, 5.41) is 0. The van der Waals surface area contributed by atoms with Crippen LogP contribution in [0, 0.1) is 18.8 Å². The van der Waals surface area contributed by atoms with Gasteiger partial charge in [-0.15, -0.1) is 0 Å². The SMILES string of the molecule is CC(=O)N1C[C@H]2CN(C(=O)c3ccccc3)C[C@H]2[C@H]1c1ccccc1C. The molecule has 2 aromatic carbocycles. The average molecular weight is 348 g/mol. The average Bonchev–Trinajstić information content (AvgIpc) is 3.20. The van der Waals surface area contributed by atoms with Crippen molar-refractivity contribution in [2.75, 3.05) is 19.6 Å². The molecule has 2 saturated heterocycles. The summed E-state index contributed by atoms with van der Waals surface area (Å²) in [6, 6.07) is 17.8. The zero-order valence-corrected chi connectivity index (χ0v) is 15.3. The van der Waals surface area contributed by atoms with E-state index in [0.29, 0.717) is 18.4 Å². The van der Waals surface area contributed by atoms with E-state index in [4.69, 9.17) is 0 Å². The number of amides is 2. The van der Waals surface area contributed by atoms with Gasteiger partial charge in [0.2, 0.25) is 5.91 Å². The highest BCUT2D eigenvalue weighted by molar-refractivity contribution is 5.94. The minimum absolute atomic E-state index is 0.0623. The van der Waals surface area contributed by atoms with Crippen molar-refractivity contribution >= 4 is 11.8 Å². The second-order valence-electron chi connectivity index (χ2n) is 7.47. The Labute approximate surface area is 154 Å². The van der Waals surface area contributed by atoms with Crippen molar-refractivity contribution in [1.29, 1.82) is 0 Å². The maximum Gasteiger partial charge on any atom is 0.253 e. The summed E-state index contributed by atoms with van der Waals surface area (Å²) < 4.78 is 0. The molecule has 0 bridgehead atoms. The van der Waals surface area contributed by atoms with Crippen LogP contribution in [0.5, 0.6) is 0 Å². The predicted molar refractivity (Wildman–Crippen MR) is 101 cm³/mol. The van der Waals surface area contributed by atoms with Gasteiger partial charge in [-0.25, -0.2) is 0 Å². The Hall–Kier alpha value is -2.62. The Morgan fingerprint density at radius 3 is 2.31 bits per heavy atom. The molecular weight excluding hydrogens is 324 g/mol. The van der Waals surface area contributed by atoms with Gasteiger partial charge in [-0.05, 0) is 30.2 Å². The fourth-order valence-corrected chi connectivity index (χ4v) is 4.62. The van der Waals surface area contributed by atoms with Crippen molar-refractivity contribution in [2.45, 2.75) is 19.9 Å². The van der Waals surface area contributed by atoms with E-state index in [2.05, 4.69) is 19.1 Å². The summed E-state index contributed by atoms with van der Waals surface area (Å²) in [6.07, 6.45) is 0. The third kappa shape index (κ3) is 2.79. The van der Waals surface area contributed by atoms with Crippen LogP contribution in [0.1, 0.15) is 34.5 Å². The van der Waals surface area contributed by atoms with E-state index in [9.17, 15) is 9.59 Å². The molecule has 2 aliphatic heterocycles. The first-order chi connectivity index (χ1) is 12.6. The van der Waals surface area contributed by atoms with Gasteiger partial charge in [-0.2, -0.15) is 0 Å². The second kappa shape index (κ2) is 6.60. The Kier molecular flexibility index (Phi) is 4.27. The molecule has 0 aromatic heterocycles. The maximum atomic E-state index is 12.8. The van der Waals surface area contributed by atoms with Crippen LogP contribution >= 0.6 is 0 Å². The van der Waals surface area contributed by atoms with Crippen LogP contribution in [0.4, 0.5) is 0 Å². The first kappa shape index (κ1) is 16.8. The molecule has 3 atom stereocenters. The molecule has 4 heteroatoms. The van der Waals surface area contributed by atoms with Gasteiger partial charge in [-0.3, -0.25) is 9.59 Å². The molecule has 2 aliphatic rings. The molecule has 0 unspecified atom stereocenters. The number of rotatable bonds is 2. The molecule has 4 rings (SSSR count). The van der Waals surface area contributed by atoms with Crippen LogP contribution in [-0.2, 0) is 4.79 Å². The molecule has 0 N–H and O–H groups in total. The summed E-state index contributed by atoms with van der Waals surface area (Å²) >= 11 is 0. The van der Waals surface area contributed by atoms with E-state index >= 15 is 0 Å². The van der Waals surface area contributed by atoms with Gasteiger partial charge in [0.25, 0.3) is 5.91 Å². The van der Waals surface area contributed by atoms with Crippen LogP contribution in [0.2, 0.25) is 0 Å². The number of likely N-dealkylation sites (tertiary alicyclic amines) is 2. The van der Waals surface area contributed by atoms with Gasteiger partial charge < -0.3 is 9.80 Å². The minimum atomic E-state index is 0.0623. The molecule has 0 aliphatic carbocycles. The highest BCUT2D eigenvalue weighted by Crippen LogP contribution is 2.45. The monoisotopic (exact) mass is 348 g/mol. The molecule has 2 aromatic rings. The number of benzene rings is 2. The zero-order valence-electron chi connectivity index (χ0n) is 15.3. The first-order valence-corrected chi connectivity index (χ1v) is 9.23. The van der Waals surface area contributed by atoms with E-state index < -0.39 is 0 Å². The van der Waals surface area contributed by atoms with Gasteiger partial charge in [0.05, 0.1) is 6.04 Å². The van der Waals surface area contributed by atoms with Crippen LogP contribution in [0.3, 0.4) is 0 Å². The van der Waals surface area contributed by atoms with Crippen molar-refractivity contribution in [2.24, 2.45) is 11.8 Å². The van der Waals surface area contributed by atoms with Crippen LogP contribution < -0.4 is 0 Å². The number of carbonyl (C=O) groups is 2. The lowest BCUT2D eigenvalue weighted by atomic mass is 9.87. The van der Waals surface area contributed by atoms with E-state index in [1.807, 2.05) is 52.3 Å². The van der Waals surface area contributed by atoms with Crippen molar-refractivity contribution in [1.82, 2.24) is 9.80 Å². The Balaban J connectivity index is 1.62. The van der Waals surface area contributed by atoms with Crippen LogP contribution in [0.15, 0.2) is 54.6 Å². The van der Waals surface area contributed by atoms with Gasteiger partial charge in [0, 0.05) is 44.0 Å². The molecule has 26 heavy (non-hydrogen) atoms. The molecule has 4 nitrogen and oxygen atoms in total. The van der Waals surface area contributed by atoms with Crippen LogP contribution in [-0.4, -0.2) is 41.2 Å². The number of nitrogens with zero attached hydrogens (tertiary/aromatic N) is 2. The third-order valence-electron chi connectivity index (χ3n) is 5.88. The topological polar surface area (TPSA) is 40.6 Å². The van der Waals surface area contributed by atoms with E-state index in [0.717, 1.165) is 18.7 Å². The number of hydrogen-bond acceptors (Lipinski definition) is 2. The molecule has 2 amide bonds. The van der Waals surface area contributed by atoms with Gasteiger partial charge in [0.1, 0.15) is 0 Å². The van der Waals surface area contributed by atoms with Crippen molar-refractivity contribution in [3.63, 3.8) is 0 Å². The summed E-state index contributed by atoms with van der Waals surface area (Å²) in [7, 11) is 0. The molecular formula is C22H24N2O2. The van der Waals surface area contributed by atoms with E-state index in [1.54, 1.807) is 6.92 Å². The first-order valence-electron chi connectivity index (χ1n) is 9.23. The maximum absolute atomic E-state index is 12.8. The number of carbonyl (C=O) groups excluding carboxylic acids is 2. The summed E-state index contributed by atoms with van der Waals surface area (Å²) in [5.41, 5.74) is 3.16. The summed E-state index contributed by atoms with van der Waals surface area (Å²) in [5.74, 6) is 0.857. The number of hydrogen-bond donors (Lipinski definition) is 0. The predicted octanol–water partition coefficient (Wildman–Crippen LogP) is 3.29. The third-order valence-corrected chi connectivity index (χ3v) is 5.88. The lowest BCUT2D eigenvalue weighted by Crippen LogP contribution is -2.36.